The van der Waals surface area contributed by atoms with Crippen molar-refractivity contribution in [2.45, 2.75) is 37.1 Å². The summed E-state index contributed by atoms with van der Waals surface area (Å²) in [6, 6.07) is 11.3. The van der Waals surface area contributed by atoms with Gasteiger partial charge in [0.25, 0.3) is 0 Å². The third kappa shape index (κ3) is 3.21. The van der Waals surface area contributed by atoms with Crippen LogP contribution in [0.4, 0.5) is 0 Å². The highest BCUT2D eigenvalue weighted by Crippen LogP contribution is 2.35. The van der Waals surface area contributed by atoms with Gasteiger partial charge in [0.2, 0.25) is 0 Å². The summed E-state index contributed by atoms with van der Waals surface area (Å²) in [4.78, 5) is 6.85. The van der Waals surface area contributed by atoms with Crippen molar-refractivity contribution in [2.75, 3.05) is 26.8 Å². The lowest BCUT2D eigenvalue weighted by atomic mass is 9.74. The van der Waals surface area contributed by atoms with Gasteiger partial charge in [0, 0.05) is 31.7 Å². The van der Waals surface area contributed by atoms with Crippen LogP contribution < -0.4 is 5.73 Å². The summed E-state index contributed by atoms with van der Waals surface area (Å²) in [5.74, 6) is 0.680. The molecule has 1 aliphatic carbocycles. The van der Waals surface area contributed by atoms with Crippen LogP contribution in [-0.4, -0.2) is 43.7 Å². The zero-order chi connectivity index (χ0) is 14.7. The van der Waals surface area contributed by atoms with Crippen molar-refractivity contribution in [1.82, 2.24) is 4.90 Å². The predicted molar refractivity (Wildman–Crippen MR) is 85.4 cm³/mol. The average Bonchev–Trinajstić information content (AvgIpc) is 3.38. The number of nitrogens with two attached hydrogens (primary N) is 1. The smallest absolute Gasteiger partial charge is 0.191 e. The number of hydrogen-bond acceptors (Lipinski definition) is 2. The standard InChI is InChI=1S/C17H25N3O/c1-20(15-7-8-15)16(18)19-13-17(9-11-21-12-10-17)14-5-3-2-4-6-14/h2-6,15H,7-13H2,1H3,(H2,18,19). The molecule has 1 saturated heterocycles. The molecule has 1 aromatic rings. The molecule has 21 heavy (non-hydrogen) atoms. The number of hydrogen-bond donors (Lipinski definition) is 1. The van der Waals surface area contributed by atoms with Crippen molar-refractivity contribution in [3.63, 3.8) is 0 Å². The van der Waals surface area contributed by atoms with E-state index in [0.29, 0.717) is 12.0 Å². The Hall–Kier alpha value is -1.55. The average molecular weight is 287 g/mol. The zero-order valence-electron chi connectivity index (χ0n) is 12.8. The minimum atomic E-state index is 0.0779. The molecule has 0 bridgehead atoms. The van der Waals surface area contributed by atoms with Gasteiger partial charge < -0.3 is 15.4 Å². The van der Waals surface area contributed by atoms with Crippen molar-refractivity contribution in [3.05, 3.63) is 35.9 Å². The molecule has 0 amide bonds. The molecular weight excluding hydrogens is 262 g/mol. The first-order chi connectivity index (χ1) is 10.2. The maximum atomic E-state index is 6.16. The summed E-state index contributed by atoms with van der Waals surface area (Å²) < 4.78 is 5.56. The lowest BCUT2D eigenvalue weighted by Crippen LogP contribution is -2.40. The Bertz CT molecular complexity index is 490. The van der Waals surface area contributed by atoms with E-state index in [4.69, 9.17) is 15.5 Å². The van der Waals surface area contributed by atoms with E-state index in [2.05, 4.69) is 42.3 Å². The van der Waals surface area contributed by atoms with Gasteiger partial charge in [-0.3, -0.25) is 4.99 Å². The van der Waals surface area contributed by atoms with Gasteiger partial charge in [-0.05, 0) is 31.2 Å². The molecule has 2 N–H and O–H groups in total. The van der Waals surface area contributed by atoms with E-state index in [1.54, 1.807) is 0 Å². The molecule has 1 heterocycles. The van der Waals surface area contributed by atoms with E-state index in [9.17, 15) is 0 Å². The van der Waals surface area contributed by atoms with Gasteiger partial charge in [0.15, 0.2) is 5.96 Å². The quantitative estimate of drug-likeness (QED) is 0.682. The van der Waals surface area contributed by atoms with Crippen LogP contribution in [0.1, 0.15) is 31.2 Å². The van der Waals surface area contributed by atoms with Crippen LogP contribution >= 0.6 is 0 Å². The molecule has 1 saturated carbocycles. The van der Waals surface area contributed by atoms with Crippen LogP contribution in [0.3, 0.4) is 0 Å². The maximum Gasteiger partial charge on any atom is 0.191 e. The summed E-state index contributed by atoms with van der Waals surface area (Å²) in [7, 11) is 2.05. The first kappa shape index (κ1) is 14.4. The second-order valence-corrected chi connectivity index (χ2v) is 6.28. The number of benzene rings is 1. The van der Waals surface area contributed by atoms with Gasteiger partial charge in [-0.2, -0.15) is 0 Å². The number of rotatable bonds is 4. The number of guanidine groups is 1. The SMILES string of the molecule is CN(C(N)=NCC1(c2ccccc2)CCOCC1)C1CC1. The highest BCUT2D eigenvalue weighted by Gasteiger charge is 2.35. The third-order valence-electron chi connectivity index (χ3n) is 4.84. The molecule has 1 aliphatic heterocycles. The van der Waals surface area contributed by atoms with Gasteiger partial charge in [-0.15, -0.1) is 0 Å². The monoisotopic (exact) mass is 287 g/mol. The van der Waals surface area contributed by atoms with Crippen LogP contribution in [0.2, 0.25) is 0 Å². The topological polar surface area (TPSA) is 50.8 Å². The minimum absolute atomic E-state index is 0.0779. The lowest BCUT2D eigenvalue weighted by molar-refractivity contribution is 0.0530. The predicted octanol–water partition coefficient (Wildman–Crippen LogP) is 2.14. The molecule has 2 aliphatic rings. The Labute approximate surface area is 127 Å². The molecule has 0 unspecified atom stereocenters. The Morgan fingerprint density at radius 3 is 2.57 bits per heavy atom. The summed E-state index contributed by atoms with van der Waals surface area (Å²) in [6.07, 6.45) is 4.51. The molecule has 114 valence electrons. The highest BCUT2D eigenvalue weighted by molar-refractivity contribution is 5.78. The van der Waals surface area contributed by atoms with Gasteiger partial charge in [0.1, 0.15) is 0 Å². The molecule has 3 rings (SSSR count). The number of aliphatic imine (C=N–C) groups is 1. The van der Waals surface area contributed by atoms with E-state index in [0.717, 1.165) is 32.6 Å². The molecule has 0 spiro atoms. The van der Waals surface area contributed by atoms with E-state index < -0.39 is 0 Å². The fourth-order valence-electron chi connectivity index (χ4n) is 3.08. The third-order valence-corrected chi connectivity index (χ3v) is 4.84. The largest absolute Gasteiger partial charge is 0.381 e. The van der Waals surface area contributed by atoms with E-state index >= 15 is 0 Å². The summed E-state index contributed by atoms with van der Waals surface area (Å²) in [6.45, 7) is 2.37. The van der Waals surface area contributed by atoms with Crippen molar-refractivity contribution in [3.8, 4) is 0 Å². The Morgan fingerprint density at radius 1 is 1.29 bits per heavy atom. The molecule has 0 aromatic heterocycles. The minimum Gasteiger partial charge on any atom is -0.381 e. The fourth-order valence-corrected chi connectivity index (χ4v) is 3.08. The second-order valence-electron chi connectivity index (χ2n) is 6.28. The lowest BCUT2D eigenvalue weighted by Gasteiger charge is -2.36. The van der Waals surface area contributed by atoms with Crippen molar-refractivity contribution >= 4 is 5.96 Å². The molecule has 4 nitrogen and oxygen atoms in total. The first-order valence-corrected chi connectivity index (χ1v) is 7.87. The van der Waals surface area contributed by atoms with Crippen LogP contribution in [0.25, 0.3) is 0 Å². The van der Waals surface area contributed by atoms with Gasteiger partial charge >= 0.3 is 0 Å². The van der Waals surface area contributed by atoms with Gasteiger partial charge in [-0.1, -0.05) is 30.3 Å². The van der Waals surface area contributed by atoms with Crippen molar-refractivity contribution in [1.29, 1.82) is 0 Å². The Morgan fingerprint density at radius 2 is 1.95 bits per heavy atom. The molecule has 1 aromatic carbocycles. The summed E-state index contributed by atoms with van der Waals surface area (Å²) in [5, 5.41) is 0. The number of ether oxygens (including phenoxy) is 1. The van der Waals surface area contributed by atoms with Crippen LogP contribution in [0, 0.1) is 0 Å². The second kappa shape index (κ2) is 6.06. The number of nitrogens with zero attached hydrogens (tertiary/aromatic N) is 2. The maximum absolute atomic E-state index is 6.16. The van der Waals surface area contributed by atoms with E-state index in [-0.39, 0.29) is 5.41 Å². The van der Waals surface area contributed by atoms with Crippen LogP contribution in [0.5, 0.6) is 0 Å². The first-order valence-electron chi connectivity index (χ1n) is 7.87. The Balaban J connectivity index is 1.78. The summed E-state index contributed by atoms with van der Waals surface area (Å²) in [5.41, 5.74) is 7.59. The molecule has 2 fully saturated rings. The highest BCUT2D eigenvalue weighted by atomic mass is 16.5. The fraction of sp³-hybridized carbons (Fsp3) is 0.588. The Kier molecular flexibility index (Phi) is 4.15. The van der Waals surface area contributed by atoms with Crippen LogP contribution in [0.15, 0.2) is 35.3 Å². The molecule has 0 atom stereocenters. The van der Waals surface area contributed by atoms with Gasteiger partial charge in [0.05, 0.1) is 6.54 Å². The van der Waals surface area contributed by atoms with E-state index in [1.165, 1.54) is 18.4 Å². The molecule has 4 heteroatoms. The normalized spacial score (nSPS) is 22.0. The van der Waals surface area contributed by atoms with Gasteiger partial charge in [-0.25, -0.2) is 0 Å². The zero-order valence-corrected chi connectivity index (χ0v) is 12.8. The van der Waals surface area contributed by atoms with Crippen LogP contribution in [-0.2, 0) is 10.2 Å². The van der Waals surface area contributed by atoms with E-state index in [1.807, 2.05) is 0 Å². The molecular formula is C17H25N3O. The molecule has 0 radical (unpaired) electrons. The van der Waals surface area contributed by atoms with Crippen molar-refractivity contribution in [2.24, 2.45) is 10.7 Å². The van der Waals surface area contributed by atoms with Crippen molar-refractivity contribution < 1.29 is 4.74 Å². The summed E-state index contributed by atoms with van der Waals surface area (Å²) >= 11 is 0.